The van der Waals surface area contributed by atoms with Crippen molar-refractivity contribution in [1.82, 2.24) is 10.3 Å². The van der Waals surface area contributed by atoms with Gasteiger partial charge in [-0.3, -0.25) is 4.98 Å². The van der Waals surface area contributed by atoms with Crippen LogP contribution in [0, 0.1) is 0 Å². The largest absolute Gasteiger partial charge is 0.497 e. The Balaban J connectivity index is 1.73. The molecule has 23 heavy (non-hydrogen) atoms. The van der Waals surface area contributed by atoms with Crippen LogP contribution in [-0.4, -0.2) is 23.8 Å². The van der Waals surface area contributed by atoms with Gasteiger partial charge in [-0.15, -0.1) is 0 Å². The molecular weight excluding hydrogens is 288 g/mol. The molecule has 0 saturated carbocycles. The van der Waals surface area contributed by atoms with Gasteiger partial charge >= 0.3 is 0 Å². The monoisotopic (exact) mass is 308 g/mol. The molecule has 4 heteroatoms. The highest BCUT2D eigenvalue weighted by Gasteiger charge is 2.11. The van der Waals surface area contributed by atoms with Crippen LogP contribution in [0.15, 0.2) is 60.8 Å². The third-order valence-corrected chi connectivity index (χ3v) is 3.88. The standard InChI is InChI=1S/C19H20N2O2/c1-23-17-7-4-6-16(10-17)19(13-22)21-12-14-9-15-5-2-3-8-18(15)20-11-14/h2-11,19,21-22H,12-13H2,1H3/t19-/m0/s1. The van der Waals surface area contributed by atoms with Crippen LogP contribution in [0.2, 0.25) is 0 Å². The molecule has 2 aromatic carbocycles. The summed E-state index contributed by atoms with van der Waals surface area (Å²) in [6.45, 7) is 0.661. The Kier molecular flexibility index (Phi) is 4.86. The third kappa shape index (κ3) is 3.67. The molecule has 1 atom stereocenters. The molecule has 0 fully saturated rings. The van der Waals surface area contributed by atoms with Gasteiger partial charge in [0.05, 0.1) is 25.3 Å². The molecule has 0 spiro atoms. The minimum Gasteiger partial charge on any atom is -0.497 e. The smallest absolute Gasteiger partial charge is 0.119 e. The molecule has 0 aliphatic heterocycles. The summed E-state index contributed by atoms with van der Waals surface area (Å²) in [5.74, 6) is 0.787. The highest BCUT2D eigenvalue weighted by atomic mass is 16.5. The Morgan fingerprint density at radius 3 is 2.83 bits per heavy atom. The van der Waals surface area contributed by atoms with E-state index in [0.717, 1.165) is 27.8 Å². The van der Waals surface area contributed by atoms with Crippen molar-refractivity contribution in [2.24, 2.45) is 0 Å². The highest BCUT2D eigenvalue weighted by molar-refractivity contribution is 5.78. The lowest BCUT2D eigenvalue weighted by Gasteiger charge is -2.17. The Labute approximate surface area is 135 Å². The molecule has 0 saturated heterocycles. The van der Waals surface area contributed by atoms with E-state index >= 15 is 0 Å². The fraction of sp³-hybridized carbons (Fsp3) is 0.211. The SMILES string of the molecule is COc1cccc([C@H](CO)NCc2cnc3ccccc3c2)c1. The molecule has 1 heterocycles. The predicted molar refractivity (Wildman–Crippen MR) is 91.4 cm³/mol. The van der Waals surface area contributed by atoms with Crippen molar-refractivity contribution in [2.45, 2.75) is 12.6 Å². The number of hydrogen-bond acceptors (Lipinski definition) is 4. The van der Waals surface area contributed by atoms with Gasteiger partial charge in [0, 0.05) is 18.1 Å². The molecule has 1 aromatic heterocycles. The number of aliphatic hydroxyl groups excluding tert-OH is 1. The van der Waals surface area contributed by atoms with Crippen molar-refractivity contribution in [3.63, 3.8) is 0 Å². The number of para-hydroxylation sites is 1. The third-order valence-electron chi connectivity index (χ3n) is 3.88. The fourth-order valence-corrected chi connectivity index (χ4v) is 2.60. The van der Waals surface area contributed by atoms with Crippen LogP contribution in [0.4, 0.5) is 0 Å². The van der Waals surface area contributed by atoms with Crippen molar-refractivity contribution < 1.29 is 9.84 Å². The lowest BCUT2D eigenvalue weighted by atomic mass is 10.1. The minimum absolute atomic E-state index is 0.0220. The van der Waals surface area contributed by atoms with Crippen LogP contribution in [0.3, 0.4) is 0 Å². The molecule has 118 valence electrons. The van der Waals surface area contributed by atoms with E-state index in [1.165, 1.54) is 0 Å². The second-order valence-electron chi connectivity index (χ2n) is 5.43. The van der Waals surface area contributed by atoms with Crippen LogP contribution in [0.5, 0.6) is 5.75 Å². The first-order chi connectivity index (χ1) is 11.3. The van der Waals surface area contributed by atoms with E-state index in [1.807, 2.05) is 48.7 Å². The summed E-state index contributed by atoms with van der Waals surface area (Å²) in [4.78, 5) is 4.46. The quantitative estimate of drug-likeness (QED) is 0.735. The summed E-state index contributed by atoms with van der Waals surface area (Å²) < 4.78 is 5.24. The molecule has 0 radical (unpaired) electrons. The first kappa shape index (κ1) is 15.5. The maximum Gasteiger partial charge on any atom is 0.119 e. The van der Waals surface area contributed by atoms with E-state index in [-0.39, 0.29) is 12.6 Å². The van der Waals surface area contributed by atoms with Gasteiger partial charge in [0.15, 0.2) is 0 Å². The predicted octanol–water partition coefficient (Wildman–Crippen LogP) is 3.07. The molecule has 0 aliphatic rings. The van der Waals surface area contributed by atoms with Gasteiger partial charge in [-0.1, -0.05) is 30.3 Å². The lowest BCUT2D eigenvalue weighted by Crippen LogP contribution is -2.24. The van der Waals surface area contributed by atoms with E-state index in [2.05, 4.69) is 22.4 Å². The number of nitrogens with zero attached hydrogens (tertiary/aromatic N) is 1. The second-order valence-corrected chi connectivity index (χ2v) is 5.43. The van der Waals surface area contributed by atoms with Crippen molar-refractivity contribution in [1.29, 1.82) is 0 Å². The normalized spacial score (nSPS) is 12.3. The van der Waals surface area contributed by atoms with Crippen LogP contribution < -0.4 is 10.1 Å². The second kappa shape index (κ2) is 7.22. The van der Waals surface area contributed by atoms with E-state index in [0.29, 0.717) is 6.54 Å². The summed E-state index contributed by atoms with van der Waals surface area (Å²) in [7, 11) is 1.64. The number of ether oxygens (including phenoxy) is 1. The van der Waals surface area contributed by atoms with Crippen molar-refractivity contribution in [2.75, 3.05) is 13.7 Å². The Bertz CT molecular complexity index is 789. The van der Waals surface area contributed by atoms with Crippen molar-refractivity contribution >= 4 is 10.9 Å². The van der Waals surface area contributed by atoms with Crippen LogP contribution in [-0.2, 0) is 6.54 Å². The summed E-state index contributed by atoms with van der Waals surface area (Å²) in [5.41, 5.74) is 3.08. The number of hydrogen-bond donors (Lipinski definition) is 2. The van der Waals surface area contributed by atoms with E-state index < -0.39 is 0 Å². The molecule has 0 unspecified atom stereocenters. The first-order valence-electron chi connectivity index (χ1n) is 7.62. The molecule has 0 bridgehead atoms. The minimum atomic E-state index is -0.142. The topological polar surface area (TPSA) is 54.4 Å². The fourth-order valence-electron chi connectivity index (χ4n) is 2.60. The van der Waals surface area contributed by atoms with E-state index in [1.54, 1.807) is 7.11 Å². The zero-order valence-electron chi connectivity index (χ0n) is 13.1. The summed E-state index contributed by atoms with van der Waals surface area (Å²) in [6, 6.07) is 17.8. The van der Waals surface area contributed by atoms with E-state index in [4.69, 9.17) is 4.74 Å². The van der Waals surface area contributed by atoms with Gasteiger partial charge in [0.2, 0.25) is 0 Å². The van der Waals surface area contributed by atoms with Crippen LogP contribution in [0.1, 0.15) is 17.2 Å². The lowest BCUT2D eigenvalue weighted by molar-refractivity contribution is 0.243. The number of aromatic nitrogens is 1. The molecule has 3 rings (SSSR count). The van der Waals surface area contributed by atoms with Crippen LogP contribution in [0.25, 0.3) is 10.9 Å². The van der Waals surface area contributed by atoms with Crippen molar-refractivity contribution in [3.8, 4) is 5.75 Å². The van der Waals surface area contributed by atoms with Gasteiger partial charge in [0.1, 0.15) is 5.75 Å². The van der Waals surface area contributed by atoms with E-state index in [9.17, 15) is 5.11 Å². The van der Waals surface area contributed by atoms with Gasteiger partial charge in [-0.05, 0) is 35.4 Å². The molecule has 0 aliphatic carbocycles. The summed E-state index contributed by atoms with van der Waals surface area (Å²) >= 11 is 0. The molecule has 2 N–H and O–H groups in total. The van der Waals surface area contributed by atoms with Crippen molar-refractivity contribution in [3.05, 3.63) is 71.9 Å². The number of pyridine rings is 1. The van der Waals surface area contributed by atoms with Gasteiger partial charge in [-0.25, -0.2) is 0 Å². The maximum absolute atomic E-state index is 9.67. The number of aliphatic hydroxyl groups is 1. The molecule has 3 aromatic rings. The zero-order valence-corrected chi connectivity index (χ0v) is 13.1. The van der Waals surface area contributed by atoms with Gasteiger partial charge in [0.25, 0.3) is 0 Å². The molecular formula is C19H20N2O2. The number of benzene rings is 2. The maximum atomic E-state index is 9.67. The van der Waals surface area contributed by atoms with Gasteiger partial charge in [-0.2, -0.15) is 0 Å². The number of methoxy groups -OCH3 is 1. The Morgan fingerprint density at radius 1 is 1.13 bits per heavy atom. The molecule has 4 nitrogen and oxygen atoms in total. The highest BCUT2D eigenvalue weighted by Crippen LogP contribution is 2.20. The van der Waals surface area contributed by atoms with Crippen LogP contribution >= 0.6 is 0 Å². The summed E-state index contributed by atoms with van der Waals surface area (Å²) in [5, 5.41) is 14.2. The number of rotatable bonds is 6. The average Bonchev–Trinajstić information content (AvgIpc) is 2.62. The average molecular weight is 308 g/mol. The number of nitrogens with one attached hydrogen (secondary N) is 1. The first-order valence-corrected chi connectivity index (χ1v) is 7.62. The zero-order chi connectivity index (χ0) is 16.1. The Morgan fingerprint density at radius 2 is 2.00 bits per heavy atom. The van der Waals surface area contributed by atoms with Gasteiger partial charge < -0.3 is 15.2 Å². The number of fused-ring (bicyclic) bond motifs is 1. The summed E-state index contributed by atoms with van der Waals surface area (Å²) in [6.07, 6.45) is 1.87. The Hall–Kier alpha value is -2.43. The molecule has 0 amide bonds.